The molecule has 1 aliphatic rings. The van der Waals surface area contributed by atoms with E-state index in [1.807, 2.05) is 4.90 Å². The zero-order valence-electron chi connectivity index (χ0n) is 9.80. The molecule has 0 aliphatic carbocycles. The lowest BCUT2D eigenvalue weighted by atomic mass is 10.1. The molecule has 0 amide bonds. The maximum absolute atomic E-state index is 11.6. The summed E-state index contributed by atoms with van der Waals surface area (Å²) in [6.45, 7) is 0.983. The second kappa shape index (κ2) is 5.28. The van der Waals surface area contributed by atoms with Gasteiger partial charge in [-0.05, 0) is 18.6 Å². The summed E-state index contributed by atoms with van der Waals surface area (Å²) in [5.41, 5.74) is 1.15. The van der Waals surface area contributed by atoms with E-state index in [1.54, 1.807) is 18.2 Å². The van der Waals surface area contributed by atoms with E-state index >= 15 is 0 Å². The molecule has 0 atom stereocenters. The maximum Gasteiger partial charge on any atom is 0.152 e. The summed E-state index contributed by atoms with van der Waals surface area (Å²) in [6.07, 6.45) is 1.31. The number of hydrogen-bond acceptors (Lipinski definition) is 4. The number of benzene rings is 1. The Labute approximate surface area is 111 Å². The monoisotopic (exact) mass is 287 g/mol. The van der Waals surface area contributed by atoms with Gasteiger partial charge in [0.25, 0.3) is 0 Å². The lowest BCUT2D eigenvalue weighted by Gasteiger charge is -2.24. The number of carbonyl (C=O) groups excluding carboxylic acids is 1. The summed E-state index contributed by atoms with van der Waals surface area (Å²) in [5, 5.41) is 0.485. The van der Waals surface area contributed by atoms with Gasteiger partial charge in [-0.3, -0.25) is 4.79 Å². The van der Waals surface area contributed by atoms with Gasteiger partial charge < -0.3 is 4.90 Å². The first-order chi connectivity index (χ1) is 8.53. The number of aldehydes is 1. The number of halogens is 1. The second-order valence-corrected chi connectivity index (χ2v) is 7.00. The molecule has 0 saturated carbocycles. The lowest BCUT2D eigenvalue weighted by molar-refractivity contribution is 0.112. The van der Waals surface area contributed by atoms with Crippen molar-refractivity contribution in [1.29, 1.82) is 0 Å². The Bertz CT molecular complexity index is 556. The quantitative estimate of drug-likeness (QED) is 0.778. The molecule has 0 N–H and O–H groups in total. The number of carbonyl (C=O) groups is 1. The van der Waals surface area contributed by atoms with Crippen molar-refractivity contribution < 1.29 is 13.2 Å². The molecule has 1 heterocycles. The van der Waals surface area contributed by atoms with E-state index in [0.29, 0.717) is 35.8 Å². The van der Waals surface area contributed by atoms with Crippen LogP contribution in [0.5, 0.6) is 0 Å². The van der Waals surface area contributed by atoms with Crippen molar-refractivity contribution in [2.24, 2.45) is 0 Å². The van der Waals surface area contributed by atoms with Gasteiger partial charge in [-0.1, -0.05) is 17.7 Å². The molecule has 1 fully saturated rings. The van der Waals surface area contributed by atoms with Crippen molar-refractivity contribution in [2.45, 2.75) is 6.42 Å². The van der Waals surface area contributed by atoms with Crippen molar-refractivity contribution >= 4 is 33.4 Å². The summed E-state index contributed by atoms with van der Waals surface area (Å²) >= 11 is 6.12. The molecule has 98 valence electrons. The van der Waals surface area contributed by atoms with Gasteiger partial charge in [-0.25, -0.2) is 8.42 Å². The fourth-order valence-corrected chi connectivity index (χ4v) is 3.70. The molecule has 0 unspecified atom stereocenters. The fourth-order valence-electron chi connectivity index (χ4n) is 2.12. The van der Waals surface area contributed by atoms with Crippen LogP contribution in [0.25, 0.3) is 0 Å². The van der Waals surface area contributed by atoms with E-state index in [1.165, 1.54) is 0 Å². The predicted molar refractivity (Wildman–Crippen MR) is 72.3 cm³/mol. The number of para-hydroxylation sites is 1. The molecule has 1 aromatic rings. The van der Waals surface area contributed by atoms with Crippen LogP contribution in [0.2, 0.25) is 5.02 Å². The van der Waals surface area contributed by atoms with Crippen LogP contribution in [0.3, 0.4) is 0 Å². The van der Waals surface area contributed by atoms with E-state index in [2.05, 4.69) is 0 Å². The van der Waals surface area contributed by atoms with Gasteiger partial charge in [0.1, 0.15) is 0 Å². The Balaban J connectivity index is 2.34. The van der Waals surface area contributed by atoms with Crippen molar-refractivity contribution in [3.05, 3.63) is 28.8 Å². The number of hydrogen-bond donors (Lipinski definition) is 0. The first-order valence-corrected chi connectivity index (χ1v) is 7.92. The minimum Gasteiger partial charge on any atom is -0.369 e. The highest BCUT2D eigenvalue weighted by Gasteiger charge is 2.22. The van der Waals surface area contributed by atoms with Gasteiger partial charge in [0, 0.05) is 18.7 Å². The number of anilines is 1. The van der Waals surface area contributed by atoms with Crippen molar-refractivity contribution in [1.82, 2.24) is 0 Å². The molecule has 6 heteroatoms. The molecule has 18 heavy (non-hydrogen) atoms. The van der Waals surface area contributed by atoms with Gasteiger partial charge in [-0.15, -0.1) is 0 Å². The van der Waals surface area contributed by atoms with E-state index in [-0.39, 0.29) is 11.5 Å². The molecule has 1 aliphatic heterocycles. The zero-order chi connectivity index (χ0) is 13.2. The smallest absolute Gasteiger partial charge is 0.152 e. The Morgan fingerprint density at radius 2 is 2.00 bits per heavy atom. The summed E-state index contributed by atoms with van der Waals surface area (Å²) < 4.78 is 23.1. The summed E-state index contributed by atoms with van der Waals surface area (Å²) in [6, 6.07) is 5.11. The molecule has 2 rings (SSSR count). The number of sulfone groups is 1. The molecule has 0 radical (unpaired) electrons. The zero-order valence-corrected chi connectivity index (χ0v) is 11.4. The third-order valence-electron chi connectivity index (χ3n) is 3.02. The minimum absolute atomic E-state index is 0.108. The average molecular weight is 288 g/mol. The molecular weight excluding hydrogens is 274 g/mol. The van der Waals surface area contributed by atoms with Crippen molar-refractivity contribution in [2.75, 3.05) is 29.5 Å². The van der Waals surface area contributed by atoms with Crippen LogP contribution in [-0.2, 0) is 9.84 Å². The van der Waals surface area contributed by atoms with E-state index in [4.69, 9.17) is 11.6 Å². The average Bonchev–Trinajstić information content (AvgIpc) is 2.50. The predicted octanol–water partition coefficient (Wildman–Crippen LogP) is 1.78. The standard InChI is InChI=1S/C12H14ClNO3S/c13-11-4-1-3-10(9-15)12(11)14-5-2-7-18(16,17)8-6-14/h1,3-4,9H,2,5-8H2. The third-order valence-corrected chi connectivity index (χ3v) is 5.04. The highest BCUT2D eigenvalue weighted by atomic mass is 35.5. The SMILES string of the molecule is O=Cc1cccc(Cl)c1N1CCCS(=O)(=O)CC1. The van der Waals surface area contributed by atoms with Gasteiger partial charge in [-0.2, -0.15) is 0 Å². The fraction of sp³-hybridized carbons (Fsp3) is 0.417. The highest BCUT2D eigenvalue weighted by Crippen LogP contribution is 2.29. The largest absolute Gasteiger partial charge is 0.369 e. The first-order valence-electron chi connectivity index (χ1n) is 5.72. The molecule has 0 bridgehead atoms. The van der Waals surface area contributed by atoms with Crippen molar-refractivity contribution in [3.8, 4) is 0 Å². The normalized spacial score (nSPS) is 19.3. The summed E-state index contributed by atoms with van der Waals surface area (Å²) in [4.78, 5) is 12.9. The lowest BCUT2D eigenvalue weighted by Crippen LogP contribution is -2.28. The van der Waals surface area contributed by atoms with Crippen LogP contribution in [0, 0.1) is 0 Å². The van der Waals surface area contributed by atoms with Crippen LogP contribution in [-0.4, -0.2) is 39.3 Å². The van der Waals surface area contributed by atoms with Gasteiger partial charge >= 0.3 is 0 Å². The summed E-state index contributed by atoms with van der Waals surface area (Å²) in [7, 11) is -2.97. The minimum atomic E-state index is -2.97. The Kier molecular flexibility index (Phi) is 3.92. The third kappa shape index (κ3) is 2.84. The number of nitrogens with zero attached hydrogens (tertiary/aromatic N) is 1. The molecular formula is C12H14ClNO3S. The second-order valence-electron chi connectivity index (χ2n) is 4.29. The molecule has 1 aromatic carbocycles. The van der Waals surface area contributed by atoms with Gasteiger partial charge in [0.15, 0.2) is 16.1 Å². The first kappa shape index (κ1) is 13.4. The van der Waals surface area contributed by atoms with Gasteiger partial charge in [0.2, 0.25) is 0 Å². The maximum atomic E-state index is 11.6. The Morgan fingerprint density at radius 1 is 1.22 bits per heavy atom. The number of rotatable bonds is 2. The van der Waals surface area contributed by atoms with E-state index in [0.717, 1.165) is 6.29 Å². The Hall–Kier alpha value is -1.07. The van der Waals surface area contributed by atoms with Crippen molar-refractivity contribution in [3.63, 3.8) is 0 Å². The molecule has 0 aromatic heterocycles. The van der Waals surface area contributed by atoms with Crippen LogP contribution < -0.4 is 4.90 Å². The van der Waals surface area contributed by atoms with Crippen LogP contribution in [0.1, 0.15) is 16.8 Å². The molecule has 1 saturated heterocycles. The summed E-state index contributed by atoms with van der Waals surface area (Å²) in [5.74, 6) is 0.306. The van der Waals surface area contributed by atoms with Crippen LogP contribution in [0.15, 0.2) is 18.2 Å². The van der Waals surface area contributed by atoms with Crippen LogP contribution in [0.4, 0.5) is 5.69 Å². The van der Waals surface area contributed by atoms with Gasteiger partial charge in [0.05, 0.1) is 22.2 Å². The molecule has 4 nitrogen and oxygen atoms in total. The van der Waals surface area contributed by atoms with E-state index < -0.39 is 9.84 Å². The topological polar surface area (TPSA) is 54.5 Å². The van der Waals surface area contributed by atoms with E-state index in [9.17, 15) is 13.2 Å². The van der Waals surface area contributed by atoms with Crippen LogP contribution >= 0.6 is 11.6 Å². The highest BCUT2D eigenvalue weighted by molar-refractivity contribution is 7.91. The molecule has 0 spiro atoms. The Morgan fingerprint density at radius 3 is 2.72 bits per heavy atom.